The molecule has 6 nitrogen and oxygen atoms in total. The Hall–Kier alpha value is -3.19. The highest BCUT2D eigenvalue weighted by Crippen LogP contribution is 2.23. The molecule has 7 heteroatoms. The van der Waals surface area contributed by atoms with Gasteiger partial charge in [-0.05, 0) is 42.3 Å². The van der Waals surface area contributed by atoms with Crippen LogP contribution in [0, 0.1) is 6.92 Å². The van der Waals surface area contributed by atoms with Gasteiger partial charge in [-0.25, -0.2) is 4.79 Å². The molecule has 4 rings (SSSR count). The van der Waals surface area contributed by atoms with Crippen molar-refractivity contribution in [1.29, 1.82) is 0 Å². The first-order chi connectivity index (χ1) is 17.0. The Morgan fingerprint density at radius 2 is 1.66 bits per heavy atom. The maximum atomic E-state index is 12.6. The van der Waals surface area contributed by atoms with E-state index in [-0.39, 0.29) is 18.0 Å². The van der Waals surface area contributed by atoms with Crippen molar-refractivity contribution in [1.82, 2.24) is 15.1 Å². The van der Waals surface area contributed by atoms with Gasteiger partial charge in [-0.2, -0.15) is 0 Å². The molecule has 1 fully saturated rings. The van der Waals surface area contributed by atoms with Gasteiger partial charge in [0, 0.05) is 43.3 Å². The highest BCUT2D eigenvalue weighted by Gasteiger charge is 2.25. The van der Waals surface area contributed by atoms with Crippen molar-refractivity contribution < 1.29 is 14.3 Å². The fourth-order valence-corrected chi connectivity index (χ4v) is 4.26. The van der Waals surface area contributed by atoms with Gasteiger partial charge in [0.15, 0.2) is 0 Å². The van der Waals surface area contributed by atoms with Crippen LogP contribution in [-0.4, -0.2) is 54.5 Å². The lowest BCUT2D eigenvalue weighted by Gasteiger charge is -2.36. The van der Waals surface area contributed by atoms with Crippen molar-refractivity contribution in [3.05, 3.63) is 106 Å². The topological polar surface area (TPSA) is 61.9 Å². The zero-order valence-electron chi connectivity index (χ0n) is 19.8. The second-order valence-corrected chi connectivity index (χ2v) is 9.19. The summed E-state index contributed by atoms with van der Waals surface area (Å²) in [7, 11) is 0. The first-order valence-corrected chi connectivity index (χ1v) is 12.2. The Kier molecular flexibility index (Phi) is 8.53. The number of nitrogens with zero attached hydrogens (tertiary/aromatic N) is 2. The van der Waals surface area contributed by atoms with E-state index in [1.165, 1.54) is 5.56 Å². The van der Waals surface area contributed by atoms with Crippen LogP contribution < -0.4 is 5.32 Å². The van der Waals surface area contributed by atoms with Crippen molar-refractivity contribution in [3.63, 3.8) is 0 Å². The molecule has 3 aromatic rings. The average Bonchev–Trinajstić information content (AvgIpc) is 2.88. The van der Waals surface area contributed by atoms with Gasteiger partial charge in [0.2, 0.25) is 0 Å². The number of benzene rings is 3. The standard InChI is InChI=1S/C28H30ClN3O3/c1-21-6-5-7-22(18-21)20-35-26(23-10-12-25(29)13-11-23)19-31-14-16-32(17-15-31)28(34)30-27(33)24-8-3-2-4-9-24/h2-13,18,26H,14-17,19-20H2,1H3,(H,30,33,34). The molecule has 182 valence electrons. The normalized spacial score (nSPS) is 15.0. The highest BCUT2D eigenvalue weighted by atomic mass is 35.5. The molecular weight excluding hydrogens is 462 g/mol. The molecule has 3 amide bonds. The van der Waals surface area contributed by atoms with Gasteiger partial charge in [-0.3, -0.25) is 15.0 Å². The minimum absolute atomic E-state index is 0.132. The number of carbonyl (C=O) groups is 2. The van der Waals surface area contributed by atoms with E-state index in [0.29, 0.717) is 49.9 Å². The molecule has 0 saturated carbocycles. The van der Waals surface area contributed by atoms with Crippen molar-refractivity contribution >= 4 is 23.5 Å². The molecule has 1 heterocycles. The van der Waals surface area contributed by atoms with Crippen LogP contribution in [0.4, 0.5) is 4.79 Å². The van der Waals surface area contributed by atoms with Gasteiger partial charge in [0.25, 0.3) is 5.91 Å². The molecule has 0 radical (unpaired) electrons. The number of halogens is 1. The number of ether oxygens (including phenoxy) is 1. The van der Waals surface area contributed by atoms with E-state index in [9.17, 15) is 9.59 Å². The lowest BCUT2D eigenvalue weighted by molar-refractivity contribution is 0.00559. The minimum atomic E-state index is -0.384. The Bertz CT molecular complexity index is 1130. The summed E-state index contributed by atoms with van der Waals surface area (Å²) in [6, 6.07) is 24.5. The monoisotopic (exact) mass is 491 g/mol. The molecule has 0 aromatic heterocycles. The van der Waals surface area contributed by atoms with E-state index in [1.807, 2.05) is 36.4 Å². The first kappa shape index (κ1) is 24.9. The quantitative estimate of drug-likeness (QED) is 0.501. The molecule has 0 bridgehead atoms. The number of piperazine rings is 1. The highest BCUT2D eigenvalue weighted by molar-refractivity contribution is 6.30. The van der Waals surface area contributed by atoms with Crippen LogP contribution in [-0.2, 0) is 11.3 Å². The molecule has 35 heavy (non-hydrogen) atoms. The molecule has 3 aromatic carbocycles. The number of hydrogen-bond donors (Lipinski definition) is 1. The summed E-state index contributed by atoms with van der Waals surface area (Å²) < 4.78 is 6.37. The fourth-order valence-electron chi connectivity index (χ4n) is 4.14. The van der Waals surface area contributed by atoms with Gasteiger partial charge < -0.3 is 9.64 Å². The largest absolute Gasteiger partial charge is 0.368 e. The van der Waals surface area contributed by atoms with Crippen molar-refractivity contribution in [2.24, 2.45) is 0 Å². The number of amides is 3. The van der Waals surface area contributed by atoms with Crippen LogP contribution >= 0.6 is 11.6 Å². The fraction of sp³-hybridized carbons (Fsp3) is 0.286. The SMILES string of the molecule is Cc1cccc(COC(CN2CCN(C(=O)NC(=O)c3ccccc3)CC2)c2ccc(Cl)cc2)c1. The molecule has 0 aliphatic carbocycles. The third-order valence-electron chi connectivity index (χ3n) is 6.12. The third-order valence-corrected chi connectivity index (χ3v) is 6.37. The van der Waals surface area contributed by atoms with Gasteiger partial charge in [-0.15, -0.1) is 0 Å². The van der Waals surface area contributed by atoms with Crippen LogP contribution in [0.3, 0.4) is 0 Å². The molecule has 1 N–H and O–H groups in total. The molecule has 1 aliphatic heterocycles. The summed E-state index contributed by atoms with van der Waals surface area (Å²) in [6.07, 6.45) is -0.132. The second-order valence-electron chi connectivity index (χ2n) is 8.75. The van der Waals surface area contributed by atoms with Gasteiger partial charge in [-0.1, -0.05) is 71.8 Å². The van der Waals surface area contributed by atoms with Gasteiger partial charge >= 0.3 is 6.03 Å². The molecule has 1 unspecified atom stereocenters. The van der Waals surface area contributed by atoms with E-state index in [2.05, 4.69) is 35.3 Å². The number of hydrogen-bond acceptors (Lipinski definition) is 4. The summed E-state index contributed by atoms with van der Waals surface area (Å²) in [4.78, 5) is 28.9. The number of imide groups is 1. The Morgan fingerprint density at radius 1 is 0.943 bits per heavy atom. The summed E-state index contributed by atoms with van der Waals surface area (Å²) in [6.45, 7) is 5.77. The Labute approximate surface area is 211 Å². The van der Waals surface area contributed by atoms with Crippen molar-refractivity contribution in [2.75, 3.05) is 32.7 Å². The minimum Gasteiger partial charge on any atom is -0.368 e. The van der Waals surface area contributed by atoms with Crippen LogP contribution in [0.1, 0.15) is 33.2 Å². The van der Waals surface area contributed by atoms with Gasteiger partial charge in [0.1, 0.15) is 0 Å². The summed E-state index contributed by atoms with van der Waals surface area (Å²) >= 11 is 6.10. The van der Waals surface area contributed by atoms with E-state index in [4.69, 9.17) is 16.3 Å². The third kappa shape index (κ3) is 7.15. The molecule has 1 atom stereocenters. The van der Waals surface area contributed by atoms with Crippen LogP contribution in [0.15, 0.2) is 78.9 Å². The number of carbonyl (C=O) groups excluding carboxylic acids is 2. The number of rotatable bonds is 7. The lowest BCUT2D eigenvalue weighted by Crippen LogP contribution is -2.53. The zero-order chi connectivity index (χ0) is 24.6. The van der Waals surface area contributed by atoms with Crippen molar-refractivity contribution in [3.8, 4) is 0 Å². The van der Waals surface area contributed by atoms with E-state index in [0.717, 1.165) is 11.1 Å². The molecule has 0 spiro atoms. The smallest absolute Gasteiger partial charge is 0.324 e. The average molecular weight is 492 g/mol. The zero-order valence-corrected chi connectivity index (χ0v) is 20.6. The second kappa shape index (κ2) is 12.0. The number of aryl methyl sites for hydroxylation is 1. The first-order valence-electron chi connectivity index (χ1n) is 11.8. The summed E-state index contributed by atoms with van der Waals surface area (Å²) in [5.74, 6) is -0.384. The molecule has 1 saturated heterocycles. The number of nitrogens with one attached hydrogen (secondary N) is 1. The predicted octanol–water partition coefficient (Wildman–Crippen LogP) is 5.07. The lowest BCUT2D eigenvalue weighted by atomic mass is 10.1. The maximum absolute atomic E-state index is 12.6. The maximum Gasteiger partial charge on any atom is 0.324 e. The van der Waals surface area contributed by atoms with E-state index < -0.39 is 0 Å². The number of urea groups is 1. The van der Waals surface area contributed by atoms with E-state index >= 15 is 0 Å². The summed E-state index contributed by atoms with van der Waals surface area (Å²) in [5, 5.41) is 3.18. The predicted molar refractivity (Wildman–Crippen MR) is 137 cm³/mol. The Balaban J connectivity index is 1.33. The Morgan fingerprint density at radius 3 is 2.34 bits per heavy atom. The van der Waals surface area contributed by atoms with Crippen LogP contribution in [0.2, 0.25) is 5.02 Å². The summed E-state index contributed by atoms with van der Waals surface area (Å²) in [5.41, 5.74) is 3.87. The van der Waals surface area contributed by atoms with Crippen molar-refractivity contribution in [2.45, 2.75) is 19.6 Å². The van der Waals surface area contributed by atoms with E-state index in [1.54, 1.807) is 29.2 Å². The molecular formula is C28H30ClN3O3. The van der Waals surface area contributed by atoms with Gasteiger partial charge in [0.05, 0.1) is 12.7 Å². The molecule has 1 aliphatic rings. The van der Waals surface area contributed by atoms with Crippen LogP contribution in [0.5, 0.6) is 0 Å². The van der Waals surface area contributed by atoms with Crippen LogP contribution in [0.25, 0.3) is 0 Å².